The first-order valence-electron chi connectivity index (χ1n) is 20.9. The maximum atomic E-state index is 13.5. The standard InChI is InChI=1S/C44H49N11O5/c1-26-33(34-10-13-40(56)49-41(34)57)9-12-39(47-26)53-23-29(24-53)43(59)52-16-14-51(15-17-52)30-4-6-31(7-5-30)54-25-28-19-37(35(44(2,3)60)20-36(28)50-54)48-42(58)38-11-8-32-18-27(21-45)22-46-55(32)38/h8-9,11-12,18-20,22,25,29-31,34,60H,4-7,10,13-17,23-24H2,1-3H3,(H,48,58)(H,49,56,57). The van der Waals surface area contributed by atoms with Crippen LogP contribution in [0, 0.1) is 24.2 Å². The average molecular weight is 812 g/mol. The highest BCUT2D eigenvalue weighted by molar-refractivity contribution is 6.05. The molecule has 1 unspecified atom stereocenters. The molecule has 16 nitrogen and oxygen atoms in total. The Kier molecular flexibility index (Phi) is 10.1. The third-order valence-corrected chi connectivity index (χ3v) is 12.9. The summed E-state index contributed by atoms with van der Waals surface area (Å²) in [6, 6.07) is 15.4. The number of pyridine rings is 1. The summed E-state index contributed by atoms with van der Waals surface area (Å²) in [6.07, 6.45) is 8.28. The fraction of sp³-hybridized carbons (Fsp3) is 0.455. The van der Waals surface area contributed by atoms with Gasteiger partial charge in [-0.1, -0.05) is 6.07 Å². The van der Waals surface area contributed by atoms with Crippen molar-refractivity contribution in [3.05, 3.63) is 82.9 Å². The Morgan fingerprint density at radius 2 is 1.72 bits per heavy atom. The van der Waals surface area contributed by atoms with Crippen LogP contribution in [0.4, 0.5) is 11.5 Å². The summed E-state index contributed by atoms with van der Waals surface area (Å²) in [7, 11) is 0. The van der Waals surface area contributed by atoms with E-state index in [0.29, 0.717) is 60.0 Å². The number of nitrogens with zero attached hydrogens (tertiary/aromatic N) is 9. The maximum absolute atomic E-state index is 13.5. The van der Waals surface area contributed by atoms with Crippen LogP contribution in [-0.4, -0.2) is 108 Å². The summed E-state index contributed by atoms with van der Waals surface area (Å²) in [5.74, 6) is -0.295. The van der Waals surface area contributed by atoms with Crippen molar-refractivity contribution in [2.24, 2.45) is 5.92 Å². The van der Waals surface area contributed by atoms with Crippen LogP contribution in [-0.2, 0) is 20.0 Å². The minimum Gasteiger partial charge on any atom is -0.386 e. The van der Waals surface area contributed by atoms with E-state index in [1.54, 1.807) is 32.0 Å². The van der Waals surface area contributed by atoms with Crippen molar-refractivity contribution in [2.45, 2.75) is 82.9 Å². The Balaban J connectivity index is 0.774. The maximum Gasteiger partial charge on any atom is 0.274 e. The number of aryl methyl sites for hydroxylation is 1. The molecule has 1 aliphatic carbocycles. The number of imide groups is 1. The molecule has 0 bridgehead atoms. The number of hydrogen-bond donors (Lipinski definition) is 3. The van der Waals surface area contributed by atoms with Gasteiger partial charge in [0.15, 0.2) is 0 Å². The van der Waals surface area contributed by atoms with Gasteiger partial charge in [-0.15, -0.1) is 0 Å². The normalized spacial score (nSPS) is 21.8. The minimum atomic E-state index is -1.25. The zero-order valence-corrected chi connectivity index (χ0v) is 34.1. The molecule has 1 atom stereocenters. The van der Waals surface area contributed by atoms with Crippen molar-refractivity contribution in [1.82, 2.24) is 39.5 Å². The largest absolute Gasteiger partial charge is 0.386 e. The van der Waals surface area contributed by atoms with Crippen LogP contribution in [0.5, 0.6) is 0 Å². The number of nitrogens with one attached hydrogen (secondary N) is 2. The molecule has 60 heavy (non-hydrogen) atoms. The predicted octanol–water partition coefficient (Wildman–Crippen LogP) is 4.02. The SMILES string of the molecule is Cc1nc(N2CC(C(=O)N3CCN(C4CCC(n5cc6cc(NC(=O)c7ccc8cc(C#N)cnn78)c(C(C)(C)O)cc6n5)CC4)CC3)C2)ccc1C1CCC(=O)NC1=O. The molecule has 0 radical (unpaired) electrons. The van der Waals surface area contributed by atoms with Crippen LogP contribution < -0.4 is 15.5 Å². The van der Waals surface area contributed by atoms with Crippen molar-refractivity contribution < 1.29 is 24.3 Å². The van der Waals surface area contributed by atoms with Crippen molar-refractivity contribution in [3.63, 3.8) is 0 Å². The van der Waals surface area contributed by atoms with E-state index in [1.165, 1.54) is 10.7 Å². The van der Waals surface area contributed by atoms with Crippen LogP contribution >= 0.6 is 0 Å². The fourth-order valence-electron chi connectivity index (χ4n) is 9.47. The molecule has 9 rings (SSSR count). The number of hydrogen-bond acceptors (Lipinski definition) is 11. The number of aromatic nitrogens is 5. The molecule has 16 heteroatoms. The zero-order valence-electron chi connectivity index (χ0n) is 34.1. The van der Waals surface area contributed by atoms with Crippen molar-refractivity contribution in [3.8, 4) is 6.07 Å². The van der Waals surface area contributed by atoms with E-state index in [2.05, 4.69) is 31.6 Å². The number of aliphatic hydroxyl groups is 1. The van der Waals surface area contributed by atoms with Gasteiger partial charge in [0, 0.05) is 80.3 Å². The third kappa shape index (κ3) is 7.47. The number of piperazine rings is 1. The molecular weight excluding hydrogens is 763 g/mol. The molecule has 4 amide bonds. The molecule has 4 aromatic heterocycles. The van der Waals surface area contributed by atoms with Gasteiger partial charge >= 0.3 is 0 Å². The Hall–Kier alpha value is -6.18. The number of piperidine rings is 1. The number of fused-ring (bicyclic) bond motifs is 2. The van der Waals surface area contributed by atoms with E-state index >= 15 is 0 Å². The number of carbonyl (C=O) groups is 4. The van der Waals surface area contributed by atoms with E-state index in [0.717, 1.165) is 79.8 Å². The summed E-state index contributed by atoms with van der Waals surface area (Å²) in [6.45, 7) is 9.67. The van der Waals surface area contributed by atoms with Crippen LogP contribution in [0.2, 0.25) is 0 Å². The summed E-state index contributed by atoms with van der Waals surface area (Å²) < 4.78 is 3.53. The molecule has 4 fully saturated rings. The molecule has 310 valence electrons. The Bertz CT molecular complexity index is 2560. The van der Waals surface area contributed by atoms with Gasteiger partial charge in [0.25, 0.3) is 5.91 Å². The molecule has 3 saturated heterocycles. The lowest BCUT2D eigenvalue weighted by molar-refractivity contribution is -0.138. The molecule has 3 N–H and O–H groups in total. The summed E-state index contributed by atoms with van der Waals surface area (Å²) in [5, 5.41) is 35.9. The zero-order chi connectivity index (χ0) is 41.9. The highest BCUT2D eigenvalue weighted by atomic mass is 16.3. The lowest BCUT2D eigenvalue weighted by atomic mass is 9.89. The van der Waals surface area contributed by atoms with Crippen molar-refractivity contribution >= 4 is 51.6 Å². The van der Waals surface area contributed by atoms with Crippen LogP contribution in [0.25, 0.3) is 16.4 Å². The molecule has 0 spiro atoms. The van der Waals surface area contributed by atoms with E-state index in [4.69, 9.17) is 10.1 Å². The van der Waals surface area contributed by atoms with E-state index in [-0.39, 0.29) is 41.5 Å². The fourth-order valence-corrected chi connectivity index (χ4v) is 9.47. The highest BCUT2D eigenvalue weighted by Gasteiger charge is 2.39. The van der Waals surface area contributed by atoms with E-state index in [1.807, 2.05) is 47.0 Å². The summed E-state index contributed by atoms with van der Waals surface area (Å²) in [4.78, 5) is 62.5. The van der Waals surface area contributed by atoms with Gasteiger partial charge in [-0.25, -0.2) is 9.50 Å². The second kappa shape index (κ2) is 15.4. The molecule has 1 aromatic carbocycles. The van der Waals surface area contributed by atoms with Crippen molar-refractivity contribution in [2.75, 3.05) is 49.5 Å². The van der Waals surface area contributed by atoms with Gasteiger partial charge in [-0.05, 0) is 94.8 Å². The molecule has 3 aliphatic heterocycles. The van der Waals surface area contributed by atoms with Gasteiger partial charge in [0.05, 0.1) is 46.3 Å². The van der Waals surface area contributed by atoms with Gasteiger partial charge in [0.1, 0.15) is 17.6 Å². The smallest absolute Gasteiger partial charge is 0.274 e. The average Bonchev–Trinajstić information content (AvgIpc) is 3.84. The van der Waals surface area contributed by atoms with E-state index < -0.39 is 5.60 Å². The number of benzene rings is 1. The summed E-state index contributed by atoms with van der Waals surface area (Å²) in [5.41, 5.74) is 3.50. The molecular formula is C44H49N11O5. The lowest BCUT2D eigenvalue weighted by Crippen LogP contribution is -2.59. The third-order valence-electron chi connectivity index (χ3n) is 12.9. The number of amides is 4. The number of anilines is 2. The number of carbonyl (C=O) groups excluding carboxylic acids is 4. The second-order valence-electron chi connectivity index (χ2n) is 17.3. The van der Waals surface area contributed by atoms with Gasteiger partial charge in [-0.3, -0.25) is 34.1 Å². The first kappa shape index (κ1) is 39.3. The van der Waals surface area contributed by atoms with E-state index in [9.17, 15) is 29.5 Å². The monoisotopic (exact) mass is 811 g/mol. The number of nitriles is 1. The summed E-state index contributed by atoms with van der Waals surface area (Å²) >= 11 is 0. The van der Waals surface area contributed by atoms with Gasteiger partial charge in [0.2, 0.25) is 17.7 Å². The van der Waals surface area contributed by atoms with Crippen LogP contribution in [0.1, 0.15) is 97.2 Å². The van der Waals surface area contributed by atoms with Gasteiger partial charge in [-0.2, -0.15) is 15.5 Å². The van der Waals surface area contributed by atoms with Gasteiger partial charge < -0.3 is 20.2 Å². The molecule has 4 aliphatic rings. The molecule has 7 heterocycles. The van der Waals surface area contributed by atoms with Crippen LogP contribution in [0.15, 0.2) is 54.9 Å². The quantitative estimate of drug-likeness (QED) is 0.192. The Morgan fingerprint density at radius 1 is 0.967 bits per heavy atom. The Morgan fingerprint density at radius 3 is 2.42 bits per heavy atom. The van der Waals surface area contributed by atoms with Crippen molar-refractivity contribution in [1.29, 1.82) is 5.26 Å². The highest BCUT2D eigenvalue weighted by Crippen LogP contribution is 2.36. The molecule has 5 aromatic rings. The first-order valence-corrected chi connectivity index (χ1v) is 20.9. The second-order valence-corrected chi connectivity index (χ2v) is 17.3. The topological polar surface area (TPSA) is 194 Å². The lowest BCUT2D eigenvalue weighted by Gasteiger charge is -2.45. The Labute approximate surface area is 347 Å². The number of rotatable bonds is 8. The predicted molar refractivity (Wildman–Crippen MR) is 222 cm³/mol. The van der Waals surface area contributed by atoms with Crippen LogP contribution in [0.3, 0.4) is 0 Å². The molecule has 1 saturated carbocycles. The minimum absolute atomic E-state index is 0.0582. The first-order chi connectivity index (χ1) is 28.8.